The Bertz CT molecular complexity index is 685. The number of rotatable bonds is 5. The van der Waals surface area contributed by atoms with Gasteiger partial charge in [-0.25, -0.2) is 4.98 Å². The molecule has 6 heteroatoms. The molecule has 1 aliphatic rings. The molecule has 4 nitrogen and oxygen atoms in total. The van der Waals surface area contributed by atoms with E-state index < -0.39 is 0 Å². The number of benzene rings is 1. The van der Waals surface area contributed by atoms with E-state index >= 15 is 0 Å². The number of hydrogen-bond acceptors (Lipinski definition) is 4. The van der Waals surface area contributed by atoms with Crippen LogP contribution in [0.2, 0.25) is 0 Å². The van der Waals surface area contributed by atoms with Crippen molar-refractivity contribution in [3.05, 3.63) is 40.9 Å². The number of hydrogen-bond donors (Lipinski definition) is 2. The highest BCUT2D eigenvalue weighted by molar-refractivity contribution is 7.15. The molecule has 130 valence electrons. The fraction of sp³-hybridized carbons (Fsp3) is 0.444. The third kappa shape index (κ3) is 3.97. The summed E-state index contributed by atoms with van der Waals surface area (Å²) < 4.78 is 0. The zero-order valence-corrected chi connectivity index (χ0v) is 15.8. The number of nitrogens with one attached hydrogen (secondary N) is 2. The van der Waals surface area contributed by atoms with Crippen molar-refractivity contribution < 1.29 is 4.79 Å². The summed E-state index contributed by atoms with van der Waals surface area (Å²) in [5.41, 5.74) is 2.12. The van der Waals surface area contributed by atoms with Crippen LogP contribution >= 0.6 is 23.7 Å². The first-order valence-electron chi connectivity index (χ1n) is 8.10. The van der Waals surface area contributed by atoms with Crippen LogP contribution < -0.4 is 10.6 Å². The normalized spacial score (nSPS) is 16.6. The second-order valence-electron chi connectivity index (χ2n) is 6.27. The summed E-state index contributed by atoms with van der Waals surface area (Å²) in [7, 11) is 0. The van der Waals surface area contributed by atoms with Crippen LogP contribution in [-0.2, 0) is 4.79 Å². The summed E-state index contributed by atoms with van der Waals surface area (Å²) in [6.45, 7) is 7.96. The van der Waals surface area contributed by atoms with Gasteiger partial charge >= 0.3 is 0 Å². The van der Waals surface area contributed by atoms with Gasteiger partial charge in [-0.3, -0.25) is 4.79 Å². The Morgan fingerprint density at radius 1 is 1.29 bits per heavy atom. The summed E-state index contributed by atoms with van der Waals surface area (Å²) in [5.74, 6) is 0.656. The maximum Gasteiger partial charge on any atom is 0.223 e. The van der Waals surface area contributed by atoms with E-state index in [2.05, 4.69) is 27.8 Å². The van der Waals surface area contributed by atoms with Gasteiger partial charge in [-0.1, -0.05) is 37.3 Å². The van der Waals surface area contributed by atoms with Gasteiger partial charge in [-0.15, -0.1) is 23.7 Å². The van der Waals surface area contributed by atoms with Gasteiger partial charge in [0.2, 0.25) is 5.91 Å². The van der Waals surface area contributed by atoms with Gasteiger partial charge < -0.3 is 10.6 Å². The molecule has 24 heavy (non-hydrogen) atoms. The summed E-state index contributed by atoms with van der Waals surface area (Å²) in [6.07, 6.45) is 0. The molecule has 0 bridgehead atoms. The first kappa shape index (κ1) is 18.9. The molecular weight excluding hydrogens is 342 g/mol. The predicted molar refractivity (Wildman–Crippen MR) is 102 cm³/mol. The highest BCUT2D eigenvalue weighted by Crippen LogP contribution is 2.32. The minimum absolute atomic E-state index is 0. The number of carbonyl (C=O) groups is 1. The van der Waals surface area contributed by atoms with Crippen LogP contribution in [0.3, 0.4) is 0 Å². The number of aromatic nitrogens is 1. The first-order chi connectivity index (χ1) is 11.1. The standard InChI is InChI=1S/C18H23N3OS.ClH/c1-11(15-9-19-10-15)17(22)20-12(2)16-13(3)21-18(23-16)14-7-5-4-6-8-14;/h4-8,11-12,15,19H,9-10H2,1-3H3,(H,20,22);1H. The Balaban J connectivity index is 0.00000208. The zero-order valence-electron chi connectivity index (χ0n) is 14.2. The van der Waals surface area contributed by atoms with E-state index in [1.54, 1.807) is 11.3 Å². The Kier molecular flexibility index (Phi) is 6.38. The lowest BCUT2D eigenvalue weighted by atomic mass is 9.88. The van der Waals surface area contributed by atoms with Crippen molar-refractivity contribution in [3.8, 4) is 10.6 Å². The monoisotopic (exact) mass is 365 g/mol. The Morgan fingerprint density at radius 3 is 2.54 bits per heavy atom. The van der Waals surface area contributed by atoms with Crippen molar-refractivity contribution in [3.63, 3.8) is 0 Å². The average Bonchev–Trinajstić information content (AvgIpc) is 2.88. The lowest BCUT2D eigenvalue weighted by molar-refractivity contribution is -0.127. The minimum Gasteiger partial charge on any atom is -0.348 e. The molecule has 1 fully saturated rings. The number of carbonyl (C=O) groups excluding carboxylic acids is 1. The molecule has 2 atom stereocenters. The van der Waals surface area contributed by atoms with Crippen molar-refractivity contribution in [1.29, 1.82) is 0 Å². The lowest BCUT2D eigenvalue weighted by Crippen LogP contribution is -2.49. The SMILES string of the molecule is Cc1nc(-c2ccccc2)sc1C(C)NC(=O)C(C)C1CNC1.Cl. The number of thiazole rings is 1. The van der Waals surface area contributed by atoms with Gasteiger partial charge in [0.1, 0.15) is 5.01 Å². The molecule has 0 radical (unpaired) electrons. The van der Waals surface area contributed by atoms with Crippen LogP contribution in [0.1, 0.15) is 30.5 Å². The summed E-state index contributed by atoms with van der Waals surface area (Å²) in [5, 5.41) is 7.39. The molecule has 0 saturated carbocycles. The fourth-order valence-electron chi connectivity index (χ4n) is 2.80. The summed E-state index contributed by atoms with van der Waals surface area (Å²) in [6, 6.07) is 10.2. The molecule has 1 aliphatic heterocycles. The molecule has 1 saturated heterocycles. The molecular formula is C18H24ClN3OS. The maximum atomic E-state index is 12.4. The van der Waals surface area contributed by atoms with Crippen LogP contribution in [0.25, 0.3) is 10.6 Å². The van der Waals surface area contributed by atoms with E-state index in [0.717, 1.165) is 34.2 Å². The quantitative estimate of drug-likeness (QED) is 0.851. The van der Waals surface area contributed by atoms with Gasteiger partial charge in [0.25, 0.3) is 0 Å². The molecule has 1 aromatic heterocycles. The number of nitrogens with zero attached hydrogens (tertiary/aromatic N) is 1. The number of amides is 1. The summed E-state index contributed by atoms with van der Waals surface area (Å²) in [4.78, 5) is 18.2. The van der Waals surface area contributed by atoms with Crippen LogP contribution in [-0.4, -0.2) is 24.0 Å². The average molecular weight is 366 g/mol. The van der Waals surface area contributed by atoms with Crippen molar-refractivity contribution in [2.45, 2.75) is 26.8 Å². The molecule has 1 amide bonds. The topological polar surface area (TPSA) is 54.0 Å². The highest BCUT2D eigenvalue weighted by Gasteiger charge is 2.29. The van der Waals surface area contributed by atoms with Crippen molar-refractivity contribution in [2.75, 3.05) is 13.1 Å². The molecule has 1 aromatic carbocycles. The maximum absolute atomic E-state index is 12.4. The largest absolute Gasteiger partial charge is 0.348 e. The van der Waals surface area contributed by atoms with Crippen molar-refractivity contribution >= 4 is 29.7 Å². The molecule has 2 aromatic rings. The molecule has 2 heterocycles. The number of aryl methyl sites for hydroxylation is 1. The number of halogens is 1. The minimum atomic E-state index is -0.00653. The van der Waals surface area contributed by atoms with Crippen LogP contribution in [0.5, 0.6) is 0 Å². The van der Waals surface area contributed by atoms with Crippen LogP contribution in [0.15, 0.2) is 30.3 Å². The smallest absolute Gasteiger partial charge is 0.223 e. The highest BCUT2D eigenvalue weighted by atomic mass is 35.5. The summed E-state index contributed by atoms with van der Waals surface area (Å²) >= 11 is 1.66. The molecule has 2 N–H and O–H groups in total. The second kappa shape index (κ2) is 8.10. The molecule has 2 unspecified atom stereocenters. The van der Waals surface area contributed by atoms with E-state index in [0.29, 0.717) is 5.92 Å². The fourth-order valence-corrected chi connectivity index (χ4v) is 3.88. The second-order valence-corrected chi connectivity index (χ2v) is 7.30. The Hall–Kier alpha value is -1.43. The van der Waals surface area contributed by atoms with Gasteiger partial charge in [0.15, 0.2) is 0 Å². The zero-order chi connectivity index (χ0) is 16.4. The molecule has 3 rings (SSSR count). The third-order valence-corrected chi connectivity index (χ3v) is 5.93. The Morgan fingerprint density at radius 2 is 1.96 bits per heavy atom. The van der Waals surface area contributed by atoms with Gasteiger partial charge in [0, 0.05) is 11.5 Å². The van der Waals surface area contributed by atoms with E-state index in [1.165, 1.54) is 0 Å². The lowest BCUT2D eigenvalue weighted by Gasteiger charge is -2.32. The van der Waals surface area contributed by atoms with Gasteiger partial charge in [-0.05, 0) is 32.9 Å². The first-order valence-corrected chi connectivity index (χ1v) is 8.91. The van der Waals surface area contributed by atoms with Crippen molar-refractivity contribution in [2.24, 2.45) is 11.8 Å². The predicted octanol–water partition coefficient (Wildman–Crippen LogP) is 3.57. The van der Waals surface area contributed by atoms with E-state index in [9.17, 15) is 4.79 Å². The van der Waals surface area contributed by atoms with Gasteiger partial charge in [0.05, 0.1) is 16.6 Å². The van der Waals surface area contributed by atoms with Gasteiger partial charge in [-0.2, -0.15) is 0 Å². The molecule has 0 spiro atoms. The Labute approximate surface area is 153 Å². The van der Waals surface area contributed by atoms with E-state index in [1.807, 2.05) is 39.0 Å². The van der Waals surface area contributed by atoms with E-state index in [-0.39, 0.29) is 30.3 Å². The van der Waals surface area contributed by atoms with E-state index in [4.69, 9.17) is 0 Å². The molecule has 0 aliphatic carbocycles. The van der Waals surface area contributed by atoms with Crippen molar-refractivity contribution in [1.82, 2.24) is 15.6 Å². The van der Waals surface area contributed by atoms with Crippen LogP contribution in [0.4, 0.5) is 0 Å². The van der Waals surface area contributed by atoms with Crippen LogP contribution in [0, 0.1) is 18.8 Å². The third-order valence-electron chi connectivity index (χ3n) is 4.54.